The van der Waals surface area contributed by atoms with Crippen molar-refractivity contribution in [3.05, 3.63) is 36.0 Å². The van der Waals surface area contributed by atoms with Crippen LogP contribution in [0.1, 0.15) is 37.7 Å². The lowest BCUT2D eigenvalue weighted by Crippen LogP contribution is -2.52. The third kappa shape index (κ3) is 10.3. The van der Waals surface area contributed by atoms with Gasteiger partial charge >= 0.3 is 0 Å². The van der Waals surface area contributed by atoms with E-state index < -0.39 is 12.1 Å². The quantitative estimate of drug-likeness (QED) is 0.0827. The van der Waals surface area contributed by atoms with Gasteiger partial charge in [-0.2, -0.15) is 0 Å². The molecule has 0 saturated carbocycles. The van der Waals surface area contributed by atoms with Gasteiger partial charge in [-0.05, 0) is 63.4 Å². The molecule has 2 amide bonds. The first-order valence-corrected chi connectivity index (χ1v) is 12.3. The number of aromatic amines is 1. The minimum Gasteiger partial charge on any atom is -0.370 e. The van der Waals surface area contributed by atoms with Crippen molar-refractivity contribution < 1.29 is 9.59 Å². The third-order valence-electron chi connectivity index (χ3n) is 5.67. The Morgan fingerprint density at radius 1 is 1.00 bits per heavy atom. The number of para-hydroxylation sites is 1. The van der Waals surface area contributed by atoms with Gasteiger partial charge in [0.25, 0.3) is 0 Å². The number of H-pyrrole nitrogens is 1. The van der Waals surface area contributed by atoms with Crippen LogP contribution in [0.15, 0.2) is 35.5 Å². The molecule has 35 heavy (non-hydrogen) atoms. The lowest BCUT2D eigenvalue weighted by atomic mass is 10.0. The highest BCUT2D eigenvalue weighted by atomic mass is 16.2. The maximum Gasteiger partial charge on any atom is 0.242 e. The number of hydrogen-bond acceptors (Lipinski definition) is 6. The van der Waals surface area contributed by atoms with Crippen molar-refractivity contribution in [2.24, 2.45) is 27.9 Å². The van der Waals surface area contributed by atoms with E-state index >= 15 is 0 Å². The number of nitrogens with one attached hydrogen (secondary N) is 4. The Balaban J connectivity index is 1.93. The summed E-state index contributed by atoms with van der Waals surface area (Å²) in [6, 6.07) is 6.34. The van der Waals surface area contributed by atoms with Crippen LogP contribution in [0.4, 0.5) is 0 Å². The van der Waals surface area contributed by atoms with Crippen molar-refractivity contribution >= 4 is 28.7 Å². The van der Waals surface area contributed by atoms with Crippen LogP contribution in [-0.4, -0.2) is 67.6 Å². The minimum atomic E-state index is -0.764. The van der Waals surface area contributed by atoms with Gasteiger partial charge in [0.1, 0.15) is 6.04 Å². The number of unbranched alkanes of at least 4 members (excludes halogenated alkanes) is 1. The summed E-state index contributed by atoms with van der Waals surface area (Å²) in [7, 11) is 0. The number of amides is 2. The maximum atomic E-state index is 13.0. The van der Waals surface area contributed by atoms with E-state index in [2.05, 4.69) is 25.9 Å². The molecule has 1 aromatic carbocycles. The highest BCUT2D eigenvalue weighted by Crippen LogP contribution is 2.19. The maximum absolute atomic E-state index is 13.0. The van der Waals surface area contributed by atoms with Crippen molar-refractivity contribution in [2.75, 3.05) is 32.7 Å². The van der Waals surface area contributed by atoms with E-state index in [9.17, 15) is 9.59 Å². The molecule has 0 aliphatic carbocycles. The predicted octanol–water partition coefficient (Wildman–Crippen LogP) is -0.589. The second kappa shape index (κ2) is 15.7. The summed E-state index contributed by atoms with van der Waals surface area (Å²) in [4.78, 5) is 32.9. The second-order valence-electron chi connectivity index (χ2n) is 8.57. The molecule has 0 bridgehead atoms. The van der Waals surface area contributed by atoms with Crippen LogP contribution in [0, 0.1) is 0 Å². The Morgan fingerprint density at radius 2 is 1.77 bits per heavy atom. The van der Waals surface area contributed by atoms with E-state index in [1.807, 2.05) is 30.5 Å². The lowest BCUT2D eigenvalue weighted by Gasteiger charge is -2.21. The lowest BCUT2D eigenvalue weighted by molar-refractivity contribution is -0.129. The zero-order chi connectivity index (χ0) is 25.5. The van der Waals surface area contributed by atoms with E-state index in [1.165, 1.54) is 0 Å². The van der Waals surface area contributed by atoms with Crippen LogP contribution in [0.25, 0.3) is 10.9 Å². The van der Waals surface area contributed by atoms with Crippen LogP contribution in [0.3, 0.4) is 0 Å². The molecule has 1 heterocycles. The molecule has 1 aromatic heterocycles. The molecule has 11 nitrogen and oxygen atoms in total. The molecule has 0 radical (unpaired) electrons. The number of guanidine groups is 1. The van der Waals surface area contributed by atoms with Gasteiger partial charge in [-0.3, -0.25) is 14.6 Å². The Kier molecular flexibility index (Phi) is 12.6. The molecule has 0 spiro atoms. The van der Waals surface area contributed by atoms with Gasteiger partial charge in [0.2, 0.25) is 11.8 Å². The highest BCUT2D eigenvalue weighted by molar-refractivity contribution is 5.91. The number of nitrogens with zero attached hydrogens (tertiary/aromatic N) is 1. The molecule has 2 unspecified atom stereocenters. The van der Waals surface area contributed by atoms with Gasteiger partial charge in [-0.25, -0.2) is 0 Å². The molecule has 0 saturated heterocycles. The van der Waals surface area contributed by atoms with Gasteiger partial charge < -0.3 is 43.9 Å². The van der Waals surface area contributed by atoms with Crippen LogP contribution < -0.4 is 38.9 Å². The van der Waals surface area contributed by atoms with Gasteiger partial charge in [0.05, 0.1) is 6.04 Å². The summed E-state index contributed by atoms with van der Waals surface area (Å²) in [6.45, 7) is 3.30. The number of hydrogen-bond donors (Lipinski definition) is 8. The van der Waals surface area contributed by atoms with Gasteiger partial charge in [0, 0.05) is 36.6 Å². The van der Waals surface area contributed by atoms with Crippen molar-refractivity contribution in [3.8, 4) is 0 Å². The normalized spacial score (nSPS) is 12.7. The molecule has 11 heteroatoms. The predicted molar refractivity (Wildman–Crippen MR) is 141 cm³/mol. The smallest absolute Gasteiger partial charge is 0.242 e. The molecule has 0 aliphatic rings. The van der Waals surface area contributed by atoms with Crippen LogP contribution in [0.5, 0.6) is 0 Å². The first-order valence-electron chi connectivity index (χ1n) is 12.3. The zero-order valence-corrected chi connectivity index (χ0v) is 20.4. The van der Waals surface area contributed by atoms with E-state index in [1.54, 1.807) is 0 Å². The molecular weight excluding hydrogens is 446 g/mol. The molecule has 194 valence electrons. The Hall–Kier alpha value is -3.15. The van der Waals surface area contributed by atoms with Crippen molar-refractivity contribution in [1.82, 2.24) is 20.9 Å². The zero-order valence-electron chi connectivity index (χ0n) is 20.4. The summed E-state index contributed by atoms with van der Waals surface area (Å²) in [6.07, 6.45) is 6.00. The number of nitrogens with two attached hydrogens (primary N) is 4. The molecule has 2 atom stereocenters. The van der Waals surface area contributed by atoms with Crippen molar-refractivity contribution in [2.45, 2.75) is 50.6 Å². The number of fused-ring (bicyclic) bond motifs is 1. The fraction of sp³-hybridized carbons (Fsp3) is 0.542. The molecular formula is C24H41N9O2. The number of rotatable bonds is 17. The Labute approximate surface area is 206 Å². The third-order valence-corrected chi connectivity index (χ3v) is 5.67. The van der Waals surface area contributed by atoms with Crippen LogP contribution >= 0.6 is 0 Å². The fourth-order valence-corrected chi connectivity index (χ4v) is 3.73. The molecule has 0 aliphatic heterocycles. The van der Waals surface area contributed by atoms with E-state index in [0.717, 1.165) is 48.8 Å². The second-order valence-corrected chi connectivity index (χ2v) is 8.57. The number of carbonyl (C=O) groups excluding carboxylic acids is 2. The number of benzene rings is 1. The first kappa shape index (κ1) is 28.1. The van der Waals surface area contributed by atoms with Gasteiger partial charge in [-0.1, -0.05) is 18.2 Å². The summed E-state index contributed by atoms with van der Waals surface area (Å²) in [5.74, 6) is -0.611. The molecule has 2 aromatic rings. The average molecular weight is 488 g/mol. The topological polar surface area (TPSA) is 202 Å². The Bertz CT molecular complexity index is 940. The summed E-state index contributed by atoms with van der Waals surface area (Å²) >= 11 is 0. The summed E-state index contributed by atoms with van der Waals surface area (Å²) in [5, 5.41) is 10.1. The van der Waals surface area contributed by atoms with E-state index in [-0.39, 0.29) is 17.8 Å². The summed E-state index contributed by atoms with van der Waals surface area (Å²) in [5.41, 5.74) is 24.1. The summed E-state index contributed by atoms with van der Waals surface area (Å²) < 4.78 is 0. The monoisotopic (exact) mass is 487 g/mol. The van der Waals surface area contributed by atoms with Crippen LogP contribution in [-0.2, 0) is 16.0 Å². The largest absolute Gasteiger partial charge is 0.370 e. The van der Waals surface area contributed by atoms with Crippen LogP contribution in [0.2, 0.25) is 0 Å². The van der Waals surface area contributed by atoms with E-state index in [4.69, 9.17) is 22.9 Å². The number of aromatic nitrogens is 1. The number of aliphatic imine (C=N–C) groups is 1. The van der Waals surface area contributed by atoms with Gasteiger partial charge in [-0.15, -0.1) is 0 Å². The van der Waals surface area contributed by atoms with Gasteiger partial charge in [0.15, 0.2) is 5.96 Å². The van der Waals surface area contributed by atoms with E-state index in [0.29, 0.717) is 38.9 Å². The molecule has 12 N–H and O–H groups in total. The minimum absolute atomic E-state index is 0.00393. The standard InChI is InChI=1S/C24H41N9O2/c25-10-3-4-11-29-12-6-14-30-23(35)21(15-17-16-32-20-9-2-1-7-18(17)20)33-22(34)19(26)8-5-13-31-24(27)28/h1-2,7,9,16,19,21,29,32H,3-6,8,10-15,25-26H2,(H,30,35)(H,33,34)(H4,27,28,31). The fourth-order valence-electron chi connectivity index (χ4n) is 3.73. The van der Waals surface area contributed by atoms with Crippen molar-refractivity contribution in [1.29, 1.82) is 0 Å². The van der Waals surface area contributed by atoms with Crippen molar-refractivity contribution in [3.63, 3.8) is 0 Å². The highest BCUT2D eigenvalue weighted by Gasteiger charge is 2.24. The molecule has 0 fully saturated rings. The SMILES string of the molecule is NCCCCNCCCNC(=O)C(Cc1c[nH]c2ccccc12)NC(=O)C(N)CCCN=C(N)N. The number of carbonyl (C=O) groups is 2. The molecule has 2 rings (SSSR count). The first-order chi connectivity index (χ1) is 16.9. The Morgan fingerprint density at radius 3 is 2.54 bits per heavy atom. The average Bonchev–Trinajstić information content (AvgIpc) is 3.25.